The Bertz CT molecular complexity index is 534. The molecule has 0 N–H and O–H groups in total. The minimum Gasteiger partial charge on any atom is -0.497 e. The molecule has 0 spiro atoms. The second-order valence-electron chi connectivity index (χ2n) is 3.20. The lowest BCUT2D eigenvalue weighted by atomic mass is 10.3. The Kier molecular flexibility index (Phi) is 3.86. The highest BCUT2D eigenvalue weighted by Gasteiger charge is 2.05. The average molecular weight is 315 g/mol. The fraction of sp³-hybridized carbons (Fsp3) is 0.0833. The molecule has 3 nitrogen and oxygen atoms in total. The number of pyridine rings is 1. The molecular weight excluding hydrogens is 305 g/mol. The van der Waals surface area contributed by atoms with E-state index < -0.39 is 0 Å². The summed E-state index contributed by atoms with van der Waals surface area (Å²) in [5, 5.41) is 0.395. The number of aromatic nitrogens is 1. The molecule has 1 aromatic carbocycles. The normalized spacial score (nSPS) is 10.1. The summed E-state index contributed by atoms with van der Waals surface area (Å²) in [6, 6.07) is 10.6. The Labute approximate surface area is 112 Å². The molecule has 5 heteroatoms. The maximum absolute atomic E-state index is 5.78. The Hall–Kier alpha value is -1.26. The second kappa shape index (κ2) is 5.38. The minimum atomic E-state index is 0.395. The molecule has 88 valence electrons. The zero-order valence-electron chi connectivity index (χ0n) is 8.98. The SMILES string of the molecule is COc1ccc(Oc2cccc(Cl)n2)c(Br)c1. The third-order valence-corrected chi connectivity index (χ3v) is 2.87. The van der Waals surface area contributed by atoms with Crippen LogP contribution in [0.15, 0.2) is 40.9 Å². The van der Waals surface area contributed by atoms with Crippen molar-refractivity contribution in [3.63, 3.8) is 0 Å². The first-order valence-corrected chi connectivity index (χ1v) is 6.00. The summed E-state index contributed by atoms with van der Waals surface area (Å²) in [4.78, 5) is 4.04. The predicted octanol–water partition coefficient (Wildman–Crippen LogP) is 4.30. The maximum atomic E-state index is 5.78. The first kappa shape index (κ1) is 12.2. The monoisotopic (exact) mass is 313 g/mol. The molecule has 0 atom stereocenters. The van der Waals surface area contributed by atoms with Crippen molar-refractivity contribution in [3.05, 3.63) is 46.0 Å². The summed E-state index contributed by atoms with van der Waals surface area (Å²) < 4.78 is 11.5. The van der Waals surface area contributed by atoms with Gasteiger partial charge in [-0.15, -0.1) is 0 Å². The van der Waals surface area contributed by atoms with Gasteiger partial charge in [-0.3, -0.25) is 0 Å². The van der Waals surface area contributed by atoms with Gasteiger partial charge in [-0.05, 0) is 40.2 Å². The van der Waals surface area contributed by atoms with E-state index in [-0.39, 0.29) is 0 Å². The Morgan fingerprint density at radius 1 is 1.24 bits per heavy atom. The number of rotatable bonds is 3. The lowest BCUT2D eigenvalue weighted by Crippen LogP contribution is -1.90. The van der Waals surface area contributed by atoms with Crippen molar-refractivity contribution in [2.45, 2.75) is 0 Å². The van der Waals surface area contributed by atoms with Crippen LogP contribution in [0, 0.1) is 0 Å². The second-order valence-corrected chi connectivity index (χ2v) is 4.44. The van der Waals surface area contributed by atoms with Crippen molar-refractivity contribution in [2.24, 2.45) is 0 Å². The molecule has 2 rings (SSSR count). The van der Waals surface area contributed by atoms with Crippen LogP contribution in [0.1, 0.15) is 0 Å². The molecule has 0 amide bonds. The smallest absolute Gasteiger partial charge is 0.220 e. The standard InChI is InChI=1S/C12H9BrClNO2/c1-16-8-5-6-10(9(13)7-8)17-12-4-2-3-11(14)15-12/h2-7H,1H3. The topological polar surface area (TPSA) is 31.4 Å². The summed E-state index contributed by atoms with van der Waals surface area (Å²) in [6.07, 6.45) is 0. The zero-order chi connectivity index (χ0) is 12.3. The highest BCUT2D eigenvalue weighted by atomic mass is 79.9. The van der Waals surface area contributed by atoms with Crippen LogP contribution in [0.4, 0.5) is 0 Å². The number of halogens is 2. The van der Waals surface area contributed by atoms with E-state index in [2.05, 4.69) is 20.9 Å². The van der Waals surface area contributed by atoms with Gasteiger partial charge in [0.05, 0.1) is 11.6 Å². The third kappa shape index (κ3) is 3.11. The van der Waals surface area contributed by atoms with E-state index in [0.717, 1.165) is 10.2 Å². The molecule has 0 saturated carbocycles. The van der Waals surface area contributed by atoms with Crippen molar-refractivity contribution in [1.29, 1.82) is 0 Å². The van der Waals surface area contributed by atoms with Gasteiger partial charge < -0.3 is 9.47 Å². The molecule has 1 heterocycles. The molecule has 0 radical (unpaired) electrons. The lowest BCUT2D eigenvalue weighted by Gasteiger charge is -2.08. The zero-order valence-corrected chi connectivity index (χ0v) is 11.3. The fourth-order valence-electron chi connectivity index (χ4n) is 1.25. The number of benzene rings is 1. The highest BCUT2D eigenvalue weighted by Crippen LogP contribution is 2.32. The van der Waals surface area contributed by atoms with Crippen LogP contribution < -0.4 is 9.47 Å². The molecular formula is C12H9BrClNO2. The average Bonchev–Trinajstić information content (AvgIpc) is 2.32. The van der Waals surface area contributed by atoms with E-state index in [9.17, 15) is 0 Å². The van der Waals surface area contributed by atoms with Gasteiger partial charge in [0.15, 0.2) is 0 Å². The van der Waals surface area contributed by atoms with Gasteiger partial charge in [-0.25, -0.2) is 4.98 Å². The van der Waals surface area contributed by atoms with E-state index in [4.69, 9.17) is 21.1 Å². The molecule has 0 fully saturated rings. The van der Waals surface area contributed by atoms with Gasteiger partial charge in [0.25, 0.3) is 0 Å². The molecule has 0 aliphatic carbocycles. The van der Waals surface area contributed by atoms with Gasteiger partial charge >= 0.3 is 0 Å². The van der Waals surface area contributed by atoms with Crippen LogP contribution >= 0.6 is 27.5 Å². The first-order valence-electron chi connectivity index (χ1n) is 4.83. The number of hydrogen-bond acceptors (Lipinski definition) is 3. The number of methoxy groups -OCH3 is 1. The van der Waals surface area contributed by atoms with E-state index in [1.165, 1.54) is 0 Å². The number of ether oxygens (including phenoxy) is 2. The third-order valence-electron chi connectivity index (χ3n) is 2.04. The van der Waals surface area contributed by atoms with Crippen molar-refractivity contribution in [3.8, 4) is 17.4 Å². The molecule has 17 heavy (non-hydrogen) atoms. The fourth-order valence-corrected chi connectivity index (χ4v) is 1.85. The highest BCUT2D eigenvalue weighted by molar-refractivity contribution is 9.10. The Balaban J connectivity index is 2.24. The van der Waals surface area contributed by atoms with Gasteiger partial charge in [0.2, 0.25) is 5.88 Å². The van der Waals surface area contributed by atoms with Gasteiger partial charge in [0, 0.05) is 6.07 Å². The summed E-state index contributed by atoms with van der Waals surface area (Å²) >= 11 is 9.17. The van der Waals surface area contributed by atoms with E-state index in [1.807, 2.05) is 12.1 Å². The Morgan fingerprint density at radius 2 is 2.06 bits per heavy atom. The molecule has 0 unspecified atom stereocenters. The quantitative estimate of drug-likeness (QED) is 0.792. The molecule has 0 saturated heterocycles. The first-order chi connectivity index (χ1) is 8.19. The summed E-state index contributed by atoms with van der Waals surface area (Å²) in [5.74, 6) is 1.85. The summed E-state index contributed by atoms with van der Waals surface area (Å²) in [7, 11) is 1.61. The van der Waals surface area contributed by atoms with Crippen molar-refractivity contribution in [2.75, 3.05) is 7.11 Å². The minimum absolute atomic E-state index is 0.395. The van der Waals surface area contributed by atoms with E-state index in [0.29, 0.717) is 16.8 Å². The molecule has 1 aromatic heterocycles. The Morgan fingerprint density at radius 3 is 2.71 bits per heavy atom. The number of hydrogen-bond donors (Lipinski definition) is 0. The van der Waals surface area contributed by atoms with Crippen molar-refractivity contribution >= 4 is 27.5 Å². The van der Waals surface area contributed by atoms with Crippen LogP contribution in [0.5, 0.6) is 17.4 Å². The number of nitrogens with zero attached hydrogens (tertiary/aromatic N) is 1. The van der Waals surface area contributed by atoms with Crippen LogP contribution in [0.25, 0.3) is 0 Å². The van der Waals surface area contributed by atoms with Crippen molar-refractivity contribution in [1.82, 2.24) is 4.98 Å². The lowest BCUT2D eigenvalue weighted by molar-refractivity contribution is 0.411. The molecule has 2 aromatic rings. The largest absolute Gasteiger partial charge is 0.497 e. The molecule has 0 bridgehead atoms. The van der Waals surface area contributed by atoms with Crippen LogP contribution in [-0.2, 0) is 0 Å². The van der Waals surface area contributed by atoms with Crippen molar-refractivity contribution < 1.29 is 9.47 Å². The van der Waals surface area contributed by atoms with Crippen LogP contribution in [-0.4, -0.2) is 12.1 Å². The van der Waals surface area contributed by atoms with Crippen LogP contribution in [0.2, 0.25) is 5.15 Å². The maximum Gasteiger partial charge on any atom is 0.220 e. The van der Waals surface area contributed by atoms with Gasteiger partial charge in [-0.1, -0.05) is 17.7 Å². The predicted molar refractivity (Wildman–Crippen MR) is 70.0 cm³/mol. The van der Waals surface area contributed by atoms with Gasteiger partial charge in [-0.2, -0.15) is 0 Å². The van der Waals surface area contributed by atoms with E-state index in [1.54, 1.807) is 31.4 Å². The summed E-state index contributed by atoms with van der Waals surface area (Å²) in [5.41, 5.74) is 0. The molecule has 0 aliphatic rings. The van der Waals surface area contributed by atoms with Gasteiger partial charge in [0.1, 0.15) is 16.7 Å². The van der Waals surface area contributed by atoms with E-state index >= 15 is 0 Å². The van der Waals surface area contributed by atoms with Crippen LogP contribution in [0.3, 0.4) is 0 Å². The summed E-state index contributed by atoms with van der Waals surface area (Å²) in [6.45, 7) is 0. The molecule has 0 aliphatic heterocycles.